The van der Waals surface area contributed by atoms with Crippen molar-refractivity contribution < 1.29 is 4.74 Å². The summed E-state index contributed by atoms with van der Waals surface area (Å²) in [5.74, 6) is 0.776. The number of nitrogens with zero attached hydrogens (tertiary/aromatic N) is 2. The van der Waals surface area contributed by atoms with Crippen LogP contribution in [0.1, 0.15) is 12.7 Å². The molecule has 1 rings (SSSR count). The molecule has 68 valence electrons. The maximum Gasteiger partial charge on any atom is 0.293 e. The van der Waals surface area contributed by atoms with Crippen molar-refractivity contribution in [3.8, 4) is 5.19 Å². The fourth-order valence-corrected chi connectivity index (χ4v) is 1.28. The molecule has 0 saturated carbocycles. The van der Waals surface area contributed by atoms with E-state index >= 15 is 0 Å². The van der Waals surface area contributed by atoms with Gasteiger partial charge in [0, 0.05) is 18.1 Å². The molecule has 0 amide bonds. The van der Waals surface area contributed by atoms with Gasteiger partial charge in [0.2, 0.25) is 0 Å². The van der Waals surface area contributed by atoms with E-state index in [0.717, 1.165) is 18.9 Å². The molecule has 0 radical (unpaired) electrons. The quantitative estimate of drug-likeness (QED) is 0.694. The number of aromatic nitrogens is 2. The van der Waals surface area contributed by atoms with Crippen molar-refractivity contribution >= 4 is 11.5 Å². The second-order valence-electron chi connectivity index (χ2n) is 2.31. The largest absolute Gasteiger partial charge is 0.468 e. The molecule has 1 aromatic rings. The first-order valence-corrected chi connectivity index (χ1v) is 4.74. The third kappa shape index (κ3) is 3.15. The van der Waals surface area contributed by atoms with Gasteiger partial charge in [-0.15, -0.1) is 0 Å². The van der Waals surface area contributed by atoms with Crippen LogP contribution in [0.5, 0.6) is 5.19 Å². The van der Waals surface area contributed by atoms with Crippen molar-refractivity contribution in [3.05, 3.63) is 5.82 Å². The number of likely N-dealkylation sites (N-methyl/N-ethyl adjacent to an activating group) is 1. The molecule has 4 nitrogen and oxygen atoms in total. The van der Waals surface area contributed by atoms with Crippen LogP contribution < -0.4 is 10.1 Å². The molecule has 1 aromatic heterocycles. The van der Waals surface area contributed by atoms with Crippen LogP contribution in [0, 0.1) is 6.92 Å². The first kappa shape index (κ1) is 9.41. The minimum atomic E-state index is 0.655. The van der Waals surface area contributed by atoms with Crippen LogP contribution in [0.15, 0.2) is 0 Å². The summed E-state index contributed by atoms with van der Waals surface area (Å²) < 4.78 is 9.31. The molecule has 0 aliphatic carbocycles. The van der Waals surface area contributed by atoms with Crippen molar-refractivity contribution in [2.24, 2.45) is 0 Å². The zero-order valence-electron chi connectivity index (χ0n) is 7.33. The normalized spacial score (nSPS) is 10.2. The molecule has 0 aliphatic rings. The van der Waals surface area contributed by atoms with Crippen LogP contribution in [0.3, 0.4) is 0 Å². The van der Waals surface area contributed by atoms with E-state index in [4.69, 9.17) is 4.74 Å². The molecule has 0 unspecified atom stereocenters. The number of hydrogen-bond donors (Lipinski definition) is 1. The lowest BCUT2D eigenvalue weighted by Crippen LogP contribution is -2.20. The zero-order valence-corrected chi connectivity index (χ0v) is 8.15. The Morgan fingerprint density at radius 3 is 3.00 bits per heavy atom. The minimum absolute atomic E-state index is 0.655. The Balaban J connectivity index is 2.15. The van der Waals surface area contributed by atoms with E-state index < -0.39 is 0 Å². The smallest absolute Gasteiger partial charge is 0.293 e. The SMILES string of the molecule is CCNCCOc1nc(C)ns1. The van der Waals surface area contributed by atoms with Gasteiger partial charge in [-0.3, -0.25) is 0 Å². The van der Waals surface area contributed by atoms with Crippen molar-refractivity contribution in [3.63, 3.8) is 0 Å². The standard InChI is InChI=1S/C7H13N3OS/c1-3-8-4-5-11-7-9-6(2)10-12-7/h8H,3-5H2,1-2H3. The molecule has 0 aliphatic heterocycles. The van der Waals surface area contributed by atoms with Crippen molar-refractivity contribution in [1.82, 2.24) is 14.7 Å². The van der Waals surface area contributed by atoms with Crippen LogP contribution in [0.4, 0.5) is 0 Å². The first-order valence-electron chi connectivity index (χ1n) is 3.96. The van der Waals surface area contributed by atoms with Crippen molar-refractivity contribution in [2.45, 2.75) is 13.8 Å². The third-order valence-corrected chi connectivity index (χ3v) is 1.98. The summed E-state index contributed by atoms with van der Waals surface area (Å²) in [7, 11) is 0. The molecule has 0 atom stereocenters. The second kappa shape index (κ2) is 5.05. The summed E-state index contributed by atoms with van der Waals surface area (Å²) in [6.45, 7) is 6.40. The number of ether oxygens (including phenoxy) is 1. The highest BCUT2D eigenvalue weighted by molar-refractivity contribution is 7.07. The Morgan fingerprint density at radius 2 is 2.42 bits per heavy atom. The highest BCUT2D eigenvalue weighted by Crippen LogP contribution is 2.12. The number of nitrogens with one attached hydrogen (secondary N) is 1. The lowest BCUT2D eigenvalue weighted by atomic mass is 10.6. The molecular formula is C7H13N3OS. The molecule has 0 bridgehead atoms. The minimum Gasteiger partial charge on any atom is -0.468 e. The van der Waals surface area contributed by atoms with Gasteiger partial charge in [0.05, 0.1) is 0 Å². The van der Waals surface area contributed by atoms with E-state index in [-0.39, 0.29) is 0 Å². The van der Waals surface area contributed by atoms with Gasteiger partial charge in [0.25, 0.3) is 5.19 Å². The Bertz CT molecular complexity index is 226. The summed E-state index contributed by atoms with van der Waals surface area (Å²) in [6.07, 6.45) is 0. The van der Waals surface area contributed by atoms with Crippen molar-refractivity contribution in [1.29, 1.82) is 0 Å². The summed E-state index contributed by atoms with van der Waals surface area (Å²) in [5.41, 5.74) is 0. The van der Waals surface area contributed by atoms with E-state index in [1.807, 2.05) is 6.92 Å². The fraction of sp³-hybridized carbons (Fsp3) is 0.714. The topological polar surface area (TPSA) is 47.0 Å². The van der Waals surface area contributed by atoms with Gasteiger partial charge >= 0.3 is 0 Å². The van der Waals surface area contributed by atoms with Gasteiger partial charge in [0.15, 0.2) is 0 Å². The Kier molecular flexibility index (Phi) is 3.96. The van der Waals surface area contributed by atoms with E-state index in [9.17, 15) is 0 Å². The maximum atomic E-state index is 5.31. The van der Waals surface area contributed by atoms with Gasteiger partial charge in [0.1, 0.15) is 12.4 Å². The highest BCUT2D eigenvalue weighted by atomic mass is 32.1. The molecular weight excluding hydrogens is 174 g/mol. The molecule has 0 spiro atoms. The predicted octanol–water partition coefficient (Wildman–Crippen LogP) is 0.835. The van der Waals surface area contributed by atoms with E-state index in [1.54, 1.807) is 0 Å². The molecule has 0 aromatic carbocycles. The van der Waals surface area contributed by atoms with Crippen LogP contribution in [0.25, 0.3) is 0 Å². The summed E-state index contributed by atoms with van der Waals surface area (Å²) >= 11 is 1.30. The Hall–Kier alpha value is -0.680. The molecule has 1 heterocycles. The van der Waals surface area contributed by atoms with Crippen LogP contribution in [0.2, 0.25) is 0 Å². The van der Waals surface area contributed by atoms with Gasteiger partial charge in [-0.2, -0.15) is 9.36 Å². The number of rotatable bonds is 5. The lowest BCUT2D eigenvalue weighted by Gasteiger charge is -2.00. The second-order valence-corrected chi connectivity index (χ2v) is 3.02. The number of aryl methyl sites for hydroxylation is 1. The molecule has 5 heteroatoms. The van der Waals surface area contributed by atoms with Gasteiger partial charge in [-0.1, -0.05) is 6.92 Å². The average molecular weight is 187 g/mol. The number of hydrogen-bond acceptors (Lipinski definition) is 5. The van der Waals surface area contributed by atoms with Crippen molar-refractivity contribution in [2.75, 3.05) is 19.7 Å². The van der Waals surface area contributed by atoms with Crippen LogP contribution in [-0.2, 0) is 0 Å². The summed E-state index contributed by atoms with van der Waals surface area (Å²) in [6, 6.07) is 0. The monoisotopic (exact) mass is 187 g/mol. The summed E-state index contributed by atoms with van der Waals surface area (Å²) in [4.78, 5) is 4.07. The fourth-order valence-electron chi connectivity index (χ4n) is 0.724. The average Bonchev–Trinajstić information content (AvgIpc) is 2.45. The molecule has 1 N–H and O–H groups in total. The van der Waals surface area contributed by atoms with Gasteiger partial charge in [-0.05, 0) is 13.5 Å². The van der Waals surface area contributed by atoms with Gasteiger partial charge < -0.3 is 10.1 Å². The Morgan fingerprint density at radius 1 is 1.58 bits per heavy atom. The van der Waals surface area contributed by atoms with Gasteiger partial charge in [-0.25, -0.2) is 0 Å². The zero-order chi connectivity index (χ0) is 8.81. The van der Waals surface area contributed by atoms with E-state index in [1.165, 1.54) is 11.5 Å². The lowest BCUT2D eigenvalue weighted by molar-refractivity contribution is 0.313. The molecule has 0 fully saturated rings. The van der Waals surface area contributed by atoms with E-state index in [2.05, 4.69) is 21.6 Å². The third-order valence-electron chi connectivity index (χ3n) is 1.26. The van der Waals surface area contributed by atoms with Crippen LogP contribution >= 0.6 is 11.5 Å². The first-order chi connectivity index (χ1) is 5.83. The Labute approximate surface area is 76.1 Å². The molecule has 12 heavy (non-hydrogen) atoms. The predicted molar refractivity (Wildman–Crippen MR) is 48.7 cm³/mol. The highest BCUT2D eigenvalue weighted by Gasteiger charge is 1.98. The maximum absolute atomic E-state index is 5.31. The molecule has 0 saturated heterocycles. The summed E-state index contributed by atoms with van der Waals surface area (Å²) in [5, 5.41) is 3.81. The van der Waals surface area contributed by atoms with Crippen LogP contribution in [-0.4, -0.2) is 29.1 Å². The van der Waals surface area contributed by atoms with E-state index in [0.29, 0.717) is 11.8 Å².